The van der Waals surface area contributed by atoms with Gasteiger partial charge in [0.2, 0.25) is 0 Å². The van der Waals surface area contributed by atoms with Crippen LogP contribution in [0.1, 0.15) is 28.2 Å². The first-order chi connectivity index (χ1) is 11.5. The molecule has 5 nitrogen and oxygen atoms in total. The van der Waals surface area contributed by atoms with Gasteiger partial charge in [0, 0.05) is 36.7 Å². The van der Waals surface area contributed by atoms with Crippen LogP contribution in [0.15, 0.2) is 30.3 Å². The van der Waals surface area contributed by atoms with Gasteiger partial charge in [-0.05, 0) is 57.1 Å². The number of carbonyl (C=O) groups is 1. The summed E-state index contributed by atoms with van der Waals surface area (Å²) in [6, 6.07) is 10.2. The van der Waals surface area contributed by atoms with E-state index in [1.807, 2.05) is 56.1 Å². The van der Waals surface area contributed by atoms with Gasteiger partial charge in [-0.1, -0.05) is 0 Å². The van der Waals surface area contributed by atoms with Crippen molar-refractivity contribution in [2.24, 2.45) is 0 Å². The molecule has 1 amide bonds. The van der Waals surface area contributed by atoms with E-state index in [0.717, 1.165) is 47.9 Å². The zero-order chi connectivity index (χ0) is 17.3. The highest BCUT2D eigenvalue weighted by molar-refractivity contribution is 5.96. The smallest absolute Gasteiger partial charge is 0.255 e. The number of ether oxygens (including phenoxy) is 1. The second-order valence-electron chi connectivity index (χ2n) is 6.38. The van der Waals surface area contributed by atoms with Crippen molar-refractivity contribution in [1.29, 1.82) is 0 Å². The minimum atomic E-state index is 0. The molecule has 2 aromatic rings. The third kappa shape index (κ3) is 3.67. The van der Waals surface area contributed by atoms with Crippen LogP contribution in [0.2, 0.25) is 0 Å². The van der Waals surface area contributed by atoms with Gasteiger partial charge in [-0.2, -0.15) is 0 Å². The molecule has 1 fully saturated rings. The highest BCUT2D eigenvalue weighted by Crippen LogP contribution is 2.24. The molecule has 0 saturated carbocycles. The number of amides is 1. The average molecular weight is 364 g/mol. The maximum Gasteiger partial charge on any atom is 0.255 e. The molecule has 1 N–H and O–H groups in total. The number of nitrogens with one attached hydrogen (secondary N) is 1. The summed E-state index contributed by atoms with van der Waals surface area (Å²) in [5, 5.41) is 3.32. The summed E-state index contributed by atoms with van der Waals surface area (Å²) >= 11 is 0. The monoisotopic (exact) mass is 363 g/mol. The molecule has 3 rings (SSSR count). The summed E-state index contributed by atoms with van der Waals surface area (Å²) in [6.07, 6.45) is 1.01. The highest BCUT2D eigenvalue weighted by atomic mass is 35.5. The number of benzene rings is 1. The molecular formula is C19H26ClN3O2. The Labute approximate surface area is 155 Å². The SMILES string of the molecule is COc1ccc(-n2c(C)cc(C(=O)N(C)C3CCNC3)c2C)cc1.Cl. The Kier molecular flexibility index (Phi) is 6.14. The van der Waals surface area contributed by atoms with Crippen molar-refractivity contribution in [2.75, 3.05) is 27.2 Å². The van der Waals surface area contributed by atoms with Gasteiger partial charge in [0.1, 0.15) is 5.75 Å². The minimum absolute atomic E-state index is 0. The van der Waals surface area contributed by atoms with Crippen molar-refractivity contribution in [3.63, 3.8) is 0 Å². The molecule has 1 aromatic carbocycles. The van der Waals surface area contributed by atoms with E-state index >= 15 is 0 Å². The minimum Gasteiger partial charge on any atom is -0.497 e. The Morgan fingerprint density at radius 2 is 1.96 bits per heavy atom. The molecule has 1 aliphatic heterocycles. The fourth-order valence-corrected chi connectivity index (χ4v) is 3.43. The third-order valence-corrected chi connectivity index (χ3v) is 4.89. The number of aryl methyl sites for hydroxylation is 1. The summed E-state index contributed by atoms with van der Waals surface area (Å²) in [5.41, 5.74) is 3.84. The van der Waals surface area contributed by atoms with Crippen molar-refractivity contribution in [3.05, 3.63) is 47.3 Å². The standard InChI is InChI=1S/C19H25N3O2.ClH/c1-13-11-18(19(23)21(3)16-9-10-20-12-16)14(2)22(13)15-5-7-17(24-4)8-6-15;/h5-8,11,16,20H,9-10,12H2,1-4H3;1H. The Morgan fingerprint density at radius 3 is 2.52 bits per heavy atom. The average Bonchev–Trinajstić information content (AvgIpc) is 3.22. The molecule has 1 aromatic heterocycles. The molecule has 0 spiro atoms. The van der Waals surface area contributed by atoms with Crippen molar-refractivity contribution in [3.8, 4) is 11.4 Å². The van der Waals surface area contributed by atoms with E-state index in [9.17, 15) is 4.79 Å². The van der Waals surface area contributed by atoms with Gasteiger partial charge >= 0.3 is 0 Å². The first-order valence-electron chi connectivity index (χ1n) is 8.34. The van der Waals surface area contributed by atoms with Crippen LogP contribution in [0.3, 0.4) is 0 Å². The van der Waals surface area contributed by atoms with E-state index in [0.29, 0.717) is 0 Å². The number of hydrogen-bond acceptors (Lipinski definition) is 3. The molecular weight excluding hydrogens is 338 g/mol. The van der Waals surface area contributed by atoms with Gasteiger partial charge in [0.05, 0.1) is 12.7 Å². The molecule has 0 radical (unpaired) electrons. The summed E-state index contributed by atoms with van der Waals surface area (Å²) < 4.78 is 7.34. The van der Waals surface area contributed by atoms with Crippen LogP contribution in [-0.4, -0.2) is 48.7 Å². The van der Waals surface area contributed by atoms with Crippen molar-refractivity contribution >= 4 is 18.3 Å². The van der Waals surface area contributed by atoms with Crippen molar-refractivity contribution in [2.45, 2.75) is 26.3 Å². The van der Waals surface area contributed by atoms with E-state index in [2.05, 4.69) is 9.88 Å². The second kappa shape index (κ2) is 7.93. The fraction of sp³-hybridized carbons (Fsp3) is 0.421. The quantitative estimate of drug-likeness (QED) is 0.908. The number of aromatic nitrogens is 1. The normalized spacial score (nSPS) is 16.4. The highest BCUT2D eigenvalue weighted by Gasteiger charge is 2.26. The van der Waals surface area contributed by atoms with Gasteiger partial charge in [-0.25, -0.2) is 0 Å². The largest absolute Gasteiger partial charge is 0.497 e. The predicted molar refractivity (Wildman–Crippen MR) is 102 cm³/mol. The van der Waals surface area contributed by atoms with E-state index in [1.54, 1.807) is 7.11 Å². The maximum absolute atomic E-state index is 12.9. The van der Waals surface area contributed by atoms with Crippen LogP contribution in [0.25, 0.3) is 5.69 Å². The topological polar surface area (TPSA) is 46.5 Å². The van der Waals surface area contributed by atoms with Gasteiger partial charge < -0.3 is 19.5 Å². The molecule has 1 aliphatic rings. The summed E-state index contributed by atoms with van der Waals surface area (Å²) in [7, 11) is 3.56. The van der Waals surface area contributed by atoms with Crippen molar-refractivity contribution < 1.29 is 9.53 Å². The summed E-state index contributed by atoms with van der Waals surface area (Å²) in [4.78, 5) is 14.8. The maximum atomic E-state index is 12.9. The van der Waals surface area contributed by atoms with Crippen LogP contribution < -0.4 is 10.1 Å². The zero-order valence-electron chi connectivity index (χ0n) is 15.2. The van der Waals surface area contributed by atoms with E-state index < -0.39 is 0 Å². The molecule has 136 valence electrons. The molecule has 6 heteroatoms. The van der Waals surface area contributed by atoms with Gasteiger partial charge in [0.25, 0.3) is 5.91 Å². The lowest BCUT2D eigenvalue weighted by Gasteiger charge is -2.23. The summed E-state index contributed by atoms with van der Waals surface area (Å²) in [5.74, 6) is 0.919. The van der Waals surface area contributed by atoms with Crippen LogP contribution in [0.5, 0.6) is 5.75 Å². The van der Waals surface area contributed by atoms with Gasteiger partial charge in [0.15, 0.2) is 0 Å². The third-order valence-electron chi connectivity index (χ3n) is 4.89. The Morgan fingerprint density at radius 1 is 1.28 bits per heavy atom. The van der Waals surface area contributed by atoms with Crippen LogP contribution >= 0.6 is 12.4 Å². The number of nitrogens with zero attached hydrogens (tertiary/aromatic N) is 2. The molecule has 2 heterocycles. The Bertz CT molecular complexity index is 734. The lowest BCUT2D eigenvalue weighted by Crippen LogP contribution is -2.38. The Hall–Kier alpha value is -1.98. The van der Waals surface area contributed by atoms with E-state index in [4.69, 9.17) is 4.74 Å². The Balaban J connectivity index is 0.00000225. The number of rotatable bonds is 4. The number of halogens is 1. The lowest BCUT2D eigenvalue weighted by molar-refractivity contribution is 0.0743. The predicted octanol–water partition coefficient (Wildman–Crippen LogP) is 2.96. The van der Waals surface area contributed by atoms with Crippen LogP contribution in [0, 0.1) is 13.8 Å². The summed E-state index contributed by atoms with van der Waals surface area (Å²) in [6.45, 7) is 5.89. The molecule has 0 aliphatic carbocycles. The molecule has 1 atom stereocenters. The lowest BCUT2D eigenvalue weighted by atomic mass is 10.1. The second-order valence-corrected chi connectivity index (χ2v) is 6.38. The molecule has 0 bridgehead atoms. The van der Waals surface area contributed by atoms with Gasteiger partial charge in [-0.3, -0.25) is 4.79 Å². The molecule has 1 unspecified atom stereocenters. The zero-order valence-corrected chi connectivity index (χ0v) is 16.0. The first-order valence-corrected chi connectivity index (χ1v) is 8.34. The van der Waals surface area contributed by atoms with Crippen molar-refractivity contribution in [1.82, 2.24) is 14.8 Å². The van der Waals surface area contributed by atoms with Gasteiger partial charge in [-0.15, -0.1) is 12.4 Å². The first kappa shape index (κ1) is 19.3. The molecule has 1 saturated heterocycles. The van der Waals surface area contributed by atoms with E-state index in [-0.39, 0.29) is 24.4 Å². The number of hydrogen-bond donors (Lipinski definition) is 1. The number of likely N-dealkylation sites (N-methyl/N-ethyl adjacent to an activating group) is 1. The van der Waals surface area contributed by atoms with Crippen LogP contribution in [0.4, 0.5) is 0 Å². The number of carbonyl (C=O) groups excluding carboxylic acids is 1. The number of methoxy groups -OCH3 is 1. The molecule has 25 heavy (non-hydrogen) atoms. The fourth-order valence-electron chi connectivity index (χ4n) is 3.43. The van der Waals surface area contributed by atoms with E-state index in [1.165, 1.54) is 0 Å². The van der Waals surface area contributed by atoms with Crippen LogP contribution in [-0.2, 0) is 0 Å².